The quantitative estimate of drug-likeness (QED) is 0.654. The first-order chi connectivity index (χ1) is 3.80. The van der Waals surface area contributed by atoms with Crippen LogP contribution in [-0.4, -0.2) is 9.97 Å². The molecule has 0 bridgehead atoms. The summed E-state index contributed by atoms with van der Waals surface area (Å²) in [5, 5.41) is 0. The van der Waals surface area contributed by atoms with Crippen LogP contribution in [0.15, 0.2) is 11.1 Å². The van der Waals surface area contributed by atoms with Gasteiger partial charge in [-0.25, -0.2) is 0 Å². The van der Waals surface area contributed by atoms with Gasteiger partial charge in [-0.3, -0.25) is 0 Å². The third-order valence-electron chi connectivity index (χ3n) is 0.664. The molecule has 10 heavy (non-hydrogen) atoms. The van der Waals surface area contributed by atoms with E-state index in [1.807, 2.05) is 0 Å². The average molecular weight is 382 g/mol. The summed E-state index contributed by atoms with van der Waals surface area (Å²) in [6.07, 6.45) is 3.37. The average Bonchev–Trinajstić information content (AvgIpc) is 1.77. The van der Waals surface area contributed by atoms with Crippen LogP contribution < -0.4 is 5.56 Å². The van der Waals surface area contributed by atoms with Crippen LogP contribution in [0.5, 0.6) is 0 Å². The Morgan fingerprint density at radius 3 is 2.60 bits per heavy atom. The SMILES string of the molecule is [NH-]c1[c-]nc[nH]c1=O.[W].[Y]. The zero-order valence-electron chi connectivity index (χ0n) is 4.92. The smallest absolute Gasteiger partial charge is 0.120 e. The third kappa shape index (κ3) is 3.59. The molecule has 0 unspecified atom stereocenters. The van der Waals surface area contributed by atoms with Gasteiger partial charge in [-0.2, -0.15) is 5.69 Å². The predicted molar refractivity (Wildman–Crippen MR) is 27.7 cm³/mol. The Morgan fingerprint density at radius 2 is 2.30 bits per heavy atom. The summed E-state index contributed by atoms with van der Waals surface area (Å²) in [6, 6.07) is 0. The van der Waals surface area contributed by atoms with Crippen molar-refractivity contribution in [1.29, 1.82) is 0 Å². The maximum absolute atomic E-state index is 10.3. The maximum atomic E-state index is 10.3. The monoisotopic (exact) mass is 382 g/mol. The van der Waals surface area contributed by atoms with Crippen molar-refractivity contribution in [3.8, 4) is 0 Å². The number of nitrogens with one attached hydrogen (secondary N) is 2. The fourth-order valence-corrected chi connectivity index (χ4v) is 0.311. The van der Waals surface area contributed by atoms with Gasteiger partial charge < -0.3 is 20.5 Å². The van der Waals surface area contributed by atoms with Gasteiger partial charge in [0.2, 0.25) is 0 Å². The van der Waals surface area contributed by atoms with Gasteiger partial charge in [0.05, 0.1) is 0 Å². The van der Waals surface area contributed by atoms with E-state index in [0.717, 1.165) is 0 Å². The van der Waals surface area contributed by atoms with Gasteiger partial charge in [0.25, 0.3) is 0 Å². The molecule has 0 saturated heterocycles. The summed E-state index contributed by atoms with van der Waals surface area (Å²) in [7, 11) is 0. The Hall–Kier alpha value is 0.472. The number of hydrogen-bond acceptors (Lipinski definition) is 2. The molecule has 0 amide bonds. The third-order valence-corrected chi connectivity index (χ3v) is 0.664. The Kier molecular flexibility index (Phi) is 8.12. The van der Waals surface area contributed by atoms with E-state index in [2.05, 4.69) is 16.2 Å². The normalized spacial score (nSPS) is 7.20. The molecular weight excluding hydrogens is 379 g/mol. The Labute approximate surface area is 97.1 Å². The number of nitrogens with zero attached hydrogens (tertiary/aromatic N) is 1. The van der Waals surface area contributed by atoms with E-state index in [-0.39, 0.29) is 59.5 Å². The van der Waals surface area contributed by atoms with Gasteiger partial charge >= 0.3 is 0 Å². The second-order valence-corrected chi connectivity index (χ2v) is 1.22. The summed E-state index contributed by atoms with van der Waals surface area (Å²) in [5.41, 5.74) is 6.07. The second kappa shape index (κ2) is 6.20. The molecule has 1 radical (unpaired) electrons. The van der Waals surface area contributed by atoms with Crippen molar-refractivity contribution >= 4 is 5.69 Å². The summed E-state index contributed by atoms with van der Waals surface area (Å²) >= 11 is 0. The van der Waals surface area contributed by atoms with Gasteiger partial charge in [0.1, 0.15) is 5.56 Å². The predicted octanol–water partition coefficient (Wildman–Crippen LogP) is 0.249. The second-order valence-electron chi connectivity index (χ2n) is 1.22. The molecule has 4 nitrogen and oxygen atoms in total. The van der Waals surface area contributed by atoms with Crippen LogP contribution in [-0.2, 0) is 53.8 Å². The van der Waals surface area contributed by atoms with E-state index in [4.69, 9.17) is 5.73 Å². The standard InChI is InChI=1S/C4H3N3O.W.Y/c5-3-1-6-2-7-4(3)8;;/h2,5H,(H,6,7,8);;/q-2;;. The number of hydrogen-bond donors (Lipinski definition) is 1. The molecule has 0 aliphatic carbocycles. The first kappa shape index (κ1) is 13.1. The first-order valence-corrected chi connectivity index (χ1v) is 1.97. The molecule has 1 rings (SSSR count). The van der Waals surface area contributed by atoms with Gasteiger partial charge in [0, 0.05) is 53.8 Å². The van der Waals surface area contributed by atoms with E-state index < -0.39 is 5.56 Å². The molecule has 0 aromatic carbocycles. The maximum Gasteiger partial charge on any atom is 0.120 e. The number of aromatic nitrogens is 2. The van der Waals surface area contributed by atoms with Gasteiger partial charge in [-0.05, 0) is 6.33 Å². The van der Waals surface area contributed by atoms with Crippen molar-refractivity contribution in [2.75, 3.05) is 0 Å². The van der Waals surface area contributed by atoms with Crippen LogP contribution in [0, 0.1) is 6.20 Å². The van der Waals surface area contributed by atoms with E-state index in [0.29, 0.717) is 0 Å². The molecule has 0 aliphatic rings. The van der Waals surface area contributed by atoms with Crippen LogP contribution in [0.3, 0.4) is 0 Å². The van der Waals surface area contributed by atoms with Gasteiger partial charge in [0.15, 0.2) is 0 Å². The van der Waals surface area contributed by atoms with Crippen LogP contribution in [0.4, 0.5) is 5.69 Å². The molecular formula is C4H3N3OWY-2. The molecule has 0 saturated carbocycles. The molecule has 0 atom stereocenters. The summed E-state index contributed by atoms with van der Waals surface area (Å²) in [4.78, 5) is 15.9. The van der Waals surface area contributed by atoms with E-state index in [1.54, 1.807) is 0 Å². The molecule has 0 aliphatic heterocycles. The molecule has 0 spiro atoms. The zero-order valence-corrected chi connectivity index (χ0v) is 10.7. The van der Waals surface area contributed by atoms with Crippen LogP contribution in [0.1, 0.15) is 0 Å². The van der Waals surface area contributed by atoms with E-state index >= 15 is 0 Å². The minimum absolute atomic E-state index is 0. The molecule has 6 heteroatoms. The molecule has 1 heterocycles. The molecule has 0 fully saturated rings. The molecule has 1 aromatic heterocycles. The number of H-pyrrole nitrogens is 1. The fourth-order valence-electron chi connectivity index (χ4n) is 0.311. The summed E-state index contributed by atoms with van der Waals surface area (Å²) in [5.74, 6) is 0. The van der Waals surface area contributed by atoms with E-state index in [9.17, 15) is 4.79 Å². The van der Waals surface area contributed by atoms with Crippen molar-refractivity contribution in [2.24, 2.45) is 0 Å². The molecule has 2 N–H and O–H groups in total. The summed E-state index contributed by atoms with van der Waals surface area (Å²) < 4.78 is 0. The molecule has 1 aromatic rings. The molecule has 51 valence electrons. The Balaban J connectivity index is 0. The van der Waals surface area contributed by atoms with Crippen LogP contribution in [0.2, 0.25) is 0 Å². The van der Waals surface area contributed by atoms with Crippen molar-refractivity contribution in [3.63, 3.8) is 0 Å². The number of aromatic amines is 1. The minimum atomic E-state index is -0.458. The topological polar surface area (TPSA) is 69.5 Å². The Bertz CT molecular complexity index is 238. The van der Waals surface area contributed by atoms with Crippen molar-refractivity contribution in [1.82, 2.24) is 9.97 Å². The number of rotatable bonds is 0. The fraction of sp³-hybridized carbons (Fsp3) is 0. The Morgan fingerprint density at radius 1 is 1.70 bits per heavy atom. The first-order valence-electron chi connectivity index (χ1n) is 1.97. The zero-order chi connectivity index (χ0) is 5.98. The van der Waals surface area contributed by atoms with Crippen LogP contribution in [0.25, 0.3) is 5.73 Å². The van der Waals surface area contributed by atoms with Crippen LogP contribution >= 0.6 is 0 Å². The minimum Gasteiger partial charge on any atom is -0.715 e. The van der Waals surface area contributed by atoms with Crippen molar-refractivity contribution < 1.29 is 53.8 Å². The van der Waals surface area contributed by atoms with E-state index in [1.165, 1.54) is 6.33 Å². The van der Waals surface area contributed by atoms with Crippen molar-refractivity contribution in [2.45, 2.75) is 0 Å². The summed E-state index contributed by atoms with van der Waals surface area (Å²) in [6.45, 7) is 0. The van der Waals surface area contributed by atoms with Gasteiger partial charge in [-0.15, -0.1) is 0 Å². The van der Waals surface area contributed by atoms with Crippen molar-refractivity contribution in [3.05, 3.63) is 28.6 Å². The largest absolute Gasteiger partial charge is 0.715 e. The van der Waals surface area contributed by atoms with Gasteiger partial charge in [-0.1, -0.05) is 6.20 Å².